The van der Waals surface area contributed by atoms with Crippen molar-refractivity contribution in [1.82, 2.24) is 19.4 Å². The number of fused-ring (bicyclic) bond motifs is 1. The first kappa shape index (κ1) is 16.9. The molecule has 1 saturated heterocycles. The minimum atomic E-state index is 0.448. The molecule has 1 fully saturated rings. The highest BCUT2D eigenvalue weighted by Gasteiger charge is 2.29. The first-order chi connectivity index (χ1) is 11.1. The summed E-state index contributed by atoms with van der Waals surface area (Å²) in [4.78, 5) is 9.79. The summed E-state index contributed by atoms with van der Waals surface area (Å²) >= 11 is 0. The highest BCUT2D eigenvalue weighted by Crippen LogP contribution is 2.27. The van der Waals surface area contributed by atoms with Crippen molar-refractivity contribution < 1.29 is 4.74 Å². The van der Waals surface area contributed by atoms with Crippen LogP contribution in [0.1, 0.15) is 44.0 Å². The van der Waals surface area contributed by atoms with Crippen LogP contribution in [0.4, 0.5) is 0 Å². The van der Waals surface area contributed by atoms with Crippen LogP contribution in [0.25, 0.3) is 0 Å². The topological polar surface area (TPSA) is 33.5 Å². The number of ether oxygens (including phenoxy) is 1. The molecule has 2 aliphatic rings. The first-order valence-electron chi connectivity index (χ1n) is 9.16. The zero-order valence-electron chi connectivity index (χ0n) is 15.0. The Bertz CT molecular complexity index is 493. The monoisotopic (exact) mass is 320 g/mol. The van der Waals surface area contributed by atoms with Crippen molar-refractivity contribution in [2.45, 2.75) is 39.2 Å². The molecule has 3 rings (SSSR count). The number of aromatic nitrogens is 2. The molecule has 1 atom stereocenters. The third-order valence-electron chi connectivity index (χ3n) is 5.00. The van der Waals surface area contributed by atoms with Gasteiger partial charge >= 0.3 is 0 Å². The zero-order chi connectivity index (χ0) is 16.2. The Kier molecular flexibility index (Phi) is 5.72. The molecular formula is C18H32N4O. The van der Waals surface area contributed by atoms with Gasteiger partial charge in [0.2, 0.25) is 0 Å². The summed E-state index contributed by atoms with van der Waals surface area (Å²) in [6.45, 7) is 13.1. The van der Waals surface area contributed by atoms with Crippen LogP contribution < -0.4 is 0 Å². The fourth-order valence-electron chi connectivity index (χ4n) is 3.85. The molecule has 0 spiro atoms. The summed E-state index contributed by atoms with van der Waals surface area (Å²) in [5.74, 6) is 1.04. The normalized spacial score (nSPS) is 22.9. The van der Waals surface area contributed by atoms with E-state index in [-0.39, 0.29) is 0 Å². The van der Waals surface area contributed by atoms with Crippen LogP contribution in [0.15, 0.2) is 6.33 Å². The Morgan fingerprint density at radius 1 is 1.22 bits per heavy atom. The summed E-state index contributed by atoms with van der Waals surface area (Å²) in [5, 5.41) is 0. The Labute approximate surface area is 140 Å². The second kappa shape index (κ2) is 7.77. The Balaban J connectivity index is 1.59. The van der Waals surface area contributed by atoms with Gasteiger partial charge in [0.25, 0.3) is 0 Å². The van der Waals surface area contributed by atoms with Gasteiger partial charge in [-0.2, -0.15) is 0 Å². The maximum Gasteiger partial charge on any atom is 0.0949 e. The number of imidazole rings is 1. The lowest BCUT2D eigenvalue weighted by Gasteiger charge is -2.33. The van der Waals surface area contributed by atoms with E-state index < -0.39 is 0 Å². The van der Waals surface area contributed by atoms with Gasteiger partial charge in [-0.15, -0.1) is 0 Å². The van der Waals surface area contributed by atoms with Gasteiger partial charge in [-0.1, -0.05) is 13.8 Å². The van der Waals surface area contributed by atoms with Crippen LogP contribution in [-0.2, 0) is 18.3 Å². The average molecular weight is 320 g/mol. The molecule has 1 aromatic rings. The maximum absolute atomic E-state index is 5.96. The number of hydrogen-bond donors (Lipinski definition) is 0. The SMILES string of the molecule is CC(C)COC[C@@H]1CN(CCN2CCCC2)Cc2ncn(C)c21. The number of hydrogen-bond acceptors (Lipinski definition) is 4. The van der Waals surface area contributed by atoms with Gasteiger partial charge in [-0.3, -0.25) is 4.90 Å². The molecule has 0 aromatic carbocycles. The fraction of sp³-hybridized carbons (Fsp3) is 0.833. The smallest absolute Gasteiger partial charge is 0.0949 e. The van der Waals surface area contributed by atoms with Crippen molar-refractivity contribution in [1.29, 1.82) is 0 Å². The van der Waals surface area contributed by atoms with E-state index in [0.29, 0.717) is 11.8 Å². The van der Waals surface area contributed by atoms with Crippen molar-refractivity contribution in [3.63, 3.8) is 0 Å². The molecular weight excluding hydrogens is 288 g/mol. The number of likely N-dealkylation sites (tertiary alicyclic amines) is 1. The van der Waals surface area contributed by atoms with Gasteiger partial charge in [0.1, 0.15) is 0 Å². The van der Waals surface area contributed by atoms with E-state index in [1.54, 1.807) is 0 Å². The molecule has 0 bridgehead atoms. The van der Waals surface area contributed by atoms with Crippen LogP contribution >= 0.6 is 0 Å². The molecule has 0 unspecified atom stereocenters. The van der Waals surface area contributed by atoms with Crippen LogP contribution in [0.3, 0.4) is 0 Å². The van der Waals surface area contributed by atoms with Gasteiger partial charge in [0, 0.05) is 51.4 Å². The molecule has 1 aromatic heterocycles. The van der Waals surface area contributed by atoms with Crippen molar-refractivity contribution in [3.8, 4) is 0 Å². The van der Waals surface area contributed by atoms with Gasteiger partial charge in [-0.25, -0.2) is 4.98 Å². The Morgan fingerprint density at radius 3 is 2.70 bits per heavy atom. The summed E-state index contributed by atoms with van der Waals surface area (Å²) < 4.78 is 8.15. The zero-order valence-corrected chi connectivity index (χ0v) is 15.0. The lowest BCUT2D eigenvalue weighted by atomic mass is 9.99. The molecule has 0 saturated carbocycles. The predicted molar refractivity (Wildman–Crippen MR) is 92.6 cm³/mol. The number of aryl methyl sites for hydroxylation is 1. The molecule has 0 N–H and O–H groups in total. The third-order valence-corrected chi connectivity index (χ3v) is 5.00. The standard InChI is InChI=1S/C18H32N4O/c1-15(2)12-23-13-16-10-22(9-8-21-6-4-5-7-21)11-17-18(16)20(3)14-19-17/h14-16H,4-13H2,1-3H3/t16-/m0/s1. The maximum atomic E-state index is 5.96. The summed E-state index contributed by atoms with van der Waals surface area (Å²) in [5.41, 5.74) is 2.63. The van der Waals surface area contributed by atoms with Crippen molar-refractivity contribution >= 4 is 0 Å². The lowest BCUT2D eigenvalue weighted by Crippen LogP contribution is -2.40. The van der Waals surface area contributed by atoms with Crippen LogP contribution in [0, 0.1) is 5.92 Å². The van der Waals surface area contributed by atoms with Gasteiger partial charge < -0.3 is 14.2 Å². The molecule has 2 aliphatic heterocycles. The molecule has 0 aliphatic carbocycles. The number of rotatable bonds is 7. The van der Waals surface area contributed by atoms with Crippen molar-refractivity contribution in [2.75, 3.05) is 45.9 Å². The third kappa shape index (κ3) is 4.34. The van der Waals surface area contributed by atoms with E-state index in [4.69, 9.17) is 4.74 Å². The lowest BCUT2D eigenvalue weighted by molar-refractivity contribution is 0.0764. The van der Waals surface area contributed by atoms with E-state index >= 15 is 0 Å². The highest BCUT2D eigenvalue weighted by molar-refractivity contribution is 5.21. The van der Waals surface area contributed by atoms with E-state index in [9.17, 15) is 0 Å². The van der Waals surface area contributed by atoms with Crippen molar-refractivity contribution in [2.24, 2.45) is 13.0 Å². The molecule has 5 nitrogen and oxygen atoms in total. The predicted octanol–water partition coefficient (Wildman–Crippen LogP) is 2.09. The summed E-state index contributed by atoms with van der Waals surface area (Å²) in [6.07, 6.45) is 4.70. The van der Waals surface area contributed by atoms with E-state index in [2.05, 4.69) is 40.2 Å². The number of nitrogens with zero attached hydrogens (tertiary/aromatic N) is 4. The van der Waals surface area contributed by atoms with Gasteiger partial charge in [0.15, 0.2) is 0 Å². The van der Waals surface area contributed by atoms with Gasteiger partial charge in [-0.05, 0) is 31.8 Å². The fourth-order valence-corrected chi connectivity index (χ4v) is 3.85. The first-order valence-corrected chi connectivity index (χ1v) is 9.16. The van der Waals surface area contributed by atoms with Crippen LogP contribution in [0.2, 0.25) is 0 Å². The molecule has 0 amide bonds. The Hall–Kier alpha value is -0.910. The van der Waals surface area contributed by atoms with Crippen molar-refractivity contribution in [3.05, 3.63) is 17.7 Å². The second-order valence-electron chi connectivity index (χ2n) is 7.60. The van der Waals surface area contributed by atoms with E-state index in [0.717, 1.165) is 32.8 Å². The average Bonchev–Trinajstić information content (AvgIpc) is 3.15. The van der Waals surface area contributed by atoms with Crippen LogP contribution in [0.5, 0.6) is 0 Å². The molecule has 5 heteroatoms. The minimum Gasteiger partial charge on any atom is -0.380 e. The molecule has 3 heterocycles. The second-order valence-corrected chi connectivity index (χ2v) is 7.60. The van der Waals surface area contributed by atoms with E-state index in [1.807, 2.05) is 6.33 Å². The van der Waals surface area contributed by atoms with E-state index in [1.165, 1.54) is 43.9 Å². The molecule has 23 heavy (non-hydrogen) atoms. The largest absolute Gasteiger partial charge is 0.380 e. The summed E-state index contributed by atoms with van der Waals surface area (Å²) in [6, 6.07) is 0. The molecule has 130 valence electrons. The molecule has 0 radical (unpaired) electrons. The van der Waals surface area contributed by atoms with Crippen LogP contribution in [-0.4, -0.2) is 65.3 Å². The summed E-state index contributed by atoms with van der Waals surface area (Å²) in [7, 11) is 2.11. The quantitative estimate of drug-likeness (QED) is 0.770. The highest BCUT2D eigenvalue weighted by atomic mass is 16.5. The van der Waals surface area contributed by atoms with Gasteiger partial charge in [0.05, 0.1) is 18.6 Å². The minimum absolute atomic E-state index is 0.448. The Morgan fingerprint density at radius 2 is 1.96 bits per heavy atom.